The van der Waals surface area contributed by atoms with Gasteiger partial charge in [-0.2, -0.15) is 5.10 Å². The molecule has 172 valence electrons. The normalized spacial score (nSPS) is 10.8. The fourth-order valence-corrected chi connectivity index (χ4v) is 3.86. The Balaban J connectivity index is 1.55. The molecule has 0 aliphatic rings. The van der Waals surface area contributed by atoms with E-state index in [1.54, 1.807) is 4.52 Å². The SMILES string of the molecule is C=CC(=O)Nc1ccc(-c2cn3ncnc(N)c3c2-c2ccc(Oc3cccc(C)n3)cc2)cc1. The average Bonchev–Trinajstić information content (AvgIpc) is 3.26. The molecule has 0 radical (unpaired) electrons. The van der Waals surface area contributed by atoms with Crippen molar-refractivity contribution in [1.82, 2.24) is 19.6 Å². The molecule has 0 saturated heterocycles. The summed E-state index contributed by atoms with van der Waals surface area (Å²) in [6, 6.07) is 20.9. The smallest absolute Gasteiger partial charge is 0.247 e. The molecule has 0 spiro atoms. The second kappa shape index (κ2) is 9.11. The molecule has 1 amide bonds. The minimum atomic E-state index is -0.265. The van der Waals surface area contributed by atoms with Gasteiger partial charge < -0.3 is 15.8 Å². The summed E-state index contributed by atoms with van der Waals surface area (Å²) >= 11 is 0. The van der Waals surface area contributed by atoms with Gasteiger partial charge in [0.25, 0.3) is 0 Å². The van der Waals surface area contributed by atoms with Crippen LogP contribution in [0.1, 0.15) is 5.69 Å². The van der Waals surface area contributed by atoms with E-state index in [0.29, 0.717) is 28.7 Å². The van der Waals surface area contributed by atoms with Crippen molar-refractivity contribution in [3.8, 4) is 33.9 Å². The van der Waals surface area contributed by atoms with Gasteiger partial charge in [-0.3, -0.25) is 4.79 Å². The van der Waals surface area contributed by atoms with E-state index < -0.39 is 0 Å². The predicted octanol–water partition coefficient (Wildman–Crippen LogP) is 5.27. The monoisotopic (exact) mass is 462 g/mol. The van der Waals surface area contributed by atoms with Gasteiger partial charge in [-0.25, -0.2) is 14.5 Å². The number of fused-ring (bicyclic) bond motifs is 1. The number of rotatable bonds is 6. The van der Waals surface area contributed by atoms with Crippen molar-refractivity contribution < 1.29 is 9.53 Å². The topological polar surface area (TPSA) is 107 Å². The van der Waals surface area contributed by atoms with Crippen LogP contribution in [0.3, 0.4) is 0 Å². The second-order valence-corrected chi connectivity index (χ2v) is 7.87. The summed E-state index contributed by atoms with van der Waals surface area (Å²) < 4.78 is 7.63. The number of nitrogens with zero attached hydrogens (tertiary/aromatic N) is 4. The minimum absolute atomic E-state index is 0.265. The summed E-state index contributed by atoms with van der Waals surface area (Å²) in [4.78, 5) is 20.2. The van der Waals surface area contributed by atoms with Crippen molar-refractivity contribution in [2.45, 2.75) is 6.92 Å². The number of amides is 1. The van der Waals surface area contributed by atoms with Crippen LogP contribution in [0, 0.1) is 6.92 Å². The van der Waals surface area contributed by atoms with E-state index in [9.17, 15) is 4.79 Å². The quantitative estimate of drug-likeness (QED) is 0.333. The molecule has 3 heterocycles. The number of aryl methyl sites for hydroxylation is 1. The average molecular weight is 463 g/mol. The Bertz CT molecular complexity index is 1540. The highest BCUT2D eigenvalue weighted by atomic mass is 16.5. The molecule has 5 aromatic rings. The van der Waals surface area contributed by atoms with Crippen molar-refractivity contribution in [2.75, 3.05) is 11.1 Å². The maximum absolute atomic E-state index is 11.6. The molecule has 3 aromatic heterocycles. The molecule has 0 aliphatic carbocycles. The van der Waals surface area contributed by atoms with Gasteiger partial charge in [0.15, 0.2) is 5.82 Å². The molecule has 0 aliphatic heterocycles. The Hall–Kier alpha value is -4.98. The third-order valence-corrected chi connectivity index (χ3v) is 5.48. The maximum Gasteiger partial charge on any atom is 0.247 e. The molecular formula is C27H22N6O2. The van der Waals surface area contributed by atoms with Crippen LogP contribution in [0.15, 0.2) is 91.9 Å². The van der Waals surface area contributed by atoms with Crippen LogP contribution < -0.4 is 15.8 Å². The van der Waals surface area contributed by atoms with Crippen LogP contribution in [0.25, 0.3) is 27.8 Å². The highest BCUT2D eigenvalue weighted by Crippen LogP contribution is 2.39. The zero-order valence-corrected chi connectivity index (χ0v) is 19.0. The first-order valence-corrected chi connectivity index (χ1v) is 10.9. The van der Waals surface area contributed by atoms with Gasteiger partial charge in [0.2, 0.25) is 11.8 Å². The number of nitrogens with one attached hydrogen (secondary N) is 1. The summed E-state index contributed by atoms with van der Waals surface area (Å²) in [6.07, 6.45) is 4.58. The molecule has 0 fully saturated rings. The molecule has 3 N–H and O–H groups in total. The lowest BCUT2D eigenvalue weighted by molar-refractivity contribution is -0.111. The number of anilines is 2. The molecule has 8 heteroatoms. The van der Waals surface area contributed by atoms with Crippen molar-refractivity contribution in [2.24, 2.45) is 0 Å². The number of benzene rings is 2. The molecule has 2 aromatic carbocycles. The lowest BCUT2D eigenvalue weighted by atomic mass is 9.97. The van der Waals surface area contributed by atoms with E-state index in [2.05, 4.69) is 27.0 Å². The summed E-state index contributed by atoms with van der Waals surface area (Å²) in [6.45, 7) is 5.40. The van der Waals surface area contributed by atoms with Gasteiger partial charge in [-0.15, -0.1) is 0 Å². The van der Waals surface area contributed by atoms with Gasteiger partial charge in [-0.05, 0) is 54.5 Å². The molecule has 0 unspecified atom stereocenters. The first-order valence-electron chi connectivity index (χ1n) is 10.9. The number of nitrogen functional groups attached to an aromatic ring is 1. The van der Waals surface area contributed by atoms with Crippen LogP contribution in [-0.2, 0) is 4.79 Å². The molecular weight excluding hydrogens is 440 g/mol. The number of aromatic nitrogens is 4. The standard InChI is InChI=1S/C27H22N6O2/c1-3-23(34)32-20-11-7-18(8-12-20)22-15-33-26(27(28)29-16-30-33)25(22)19-9-13-21(14-10-19)35-24-6-4-5-17(2)31-24/h3-16H,1H2,2H3,(H,32,34)(H2,28,29,30). The Morgan fingerprint density at radius 3 is 2.51 bits per heavy atom. The van der Waals surface area contributed by atoms with Gasteiger partial charge >= 0.3 is 0 Å². The van der Waals surface area contributed by atoms with E-state index in [0.717, 1.165) is 27.9 Å². The number of carbonyl (C=O) groups is 1. The van der Waals surface area contributed by atoms with Gasteiger partial charge in [-0.1, -0.05) is 36.9 Å². The third-order valence-electron chi connectivity index (χ3n) is 5.48. The molecule has 0 saturated carbocycles. The van der Waals surface area contributed by atoms with Crippen molar-refractivity contribution >= 4 is 22.9 Å². The van der Waals surface area contributed by atoms with Crippen LogP contribution >= 0.6 is 0 Å². The second-order valence-electron chi connectivity index (χ2n) is 7.87. The fourth-order valence-electron chi connectivity index (χ4n) is 3.86. The highest BCUT2D eigenvalue weighted by Gasteiger charge is 2.18. The van der Waals surface area contributed by atoms with E-state index >= 15 is 0 Å². The number of carbonyl (C=O) groups excluding carboxylic acids is 1. The molecule has 8 nitrogen and oxygen atoms in total. The predicted molar refractivity (Wildman–Crippen MR) is 136 cm³/mol. The maximum atomic E-state index is 11.6. The zero-order valence-electron chi connectivity index (χ0n) is 19.0. The van der Waals surface area contributed by atoms with Crippen molar-refractivity contribution in [1.29, 1.82) is 0 Å². The van der Waals surface area contributed by atoms with E-state index in [-0.39, 0.29) is 5.91 Å². The lowest BCUT2D eigenvalue weighted by Gasteiger charge is -2.10. The number of hydrogen-bond donors (Lipinski definition) is 2. The Kier molecular flexibility index (Phi) is 5.68. The Morgan fingerprint density at radius 2 is 1.80 bits per heavy atom. The number of hydrogen-bond acceptors (Lipinski definition) is 6. The van der Waals surface area contributed by atoms with Crippen LogP contribution in [0.2, 0.25) is 0 Å². The van der Waals surface area contributed by atoms with E-state index in [1.165, 1.54) is 12.4 Å². The first-order chi connectivity index (χ1) is 17.0. The molecule has 0 atom stereocenters. The minimum Gasteiger partial charge on any atom is -0.439 e. The highest BCUT2D eigenvalue weighted by molar-refractivity contribution is 6.00. The van der Waals surface area contributed by atoms with Crippen LogP contribution in [-0.4, -0.2) is 25.5 Å². The Labute approximate surface area is 201 Å². The van der Waals surface area contributed by atoms with Gasteiger partial charge in [0, 0.05) is 34.8 Å². The van der Waals surface area contributed by atoms with Crippen LogP contribution in [0.5, 0.6) is 11.6 Å². The van der Waals surface area contributed by atoms with Crippen molar-refractivity contribution in [3.05, 3.63) is 97.6 Å². The van der Waals surface area contributed by atoms with Crippen LogP contribution in [0.4, 0.5) is 11.5 Å². The fraction of sp³-hybridized carbons (Fsp3) is 0.0370. The third kappa shape index (κ3) is 4.45. The lowest BCUT2D eigenvalue weighted by Crippen LogP contribution is -2.06. The molecule has 35 heavy (non-hydrogen) atoms. The van der Waals surface area contributed by atoms with Gasteiger partial charge in [0.05, 0.1) is 0 Å². The molecule has 5 rings (SSSR count). The number of pyridine rings is 1. The zero-order chi connectivity index (χ0) is 24.4. The summed E-state index contributed by atoms with van der Waals surface area (Å²) in [5.74, 6) is 1.32. The largest absolute Gasteiger partial charge is 0.439 e. The van der Waals surface area contributed by atoms with Crippen molar-refractivity contribution in [3.63, 3.8) is 0 Å². The summed E-state index contributed by atoms with van der Waals surface area (Å²) in [5, 5.41) is 7.11. The molecule has 0 bridgehead atoms. The van der Waals surface area contributed by atoms with Gasteiger partial charge in [0.1, 0.15) is 17.6 Å². The first kappa shape index (κ1) is 21.8. The summed E-state index contributed by atoms with van der Waals surface area (Å²) in [7, 11) is 0. The number of ether oxygens (including phenoxy) is 1. The Morgan fingerprint density at radius 1 is 1.06 bits per heavy atom. The van der Waals surface area contributed by atoms with E-state index in [4.69, 9.17) is 10.5 Å². The summed E-state index contributed by atoms with van der Waals surface area (Å²) in [5.41, 5.74) is 12.2. The van der Waals surface area contributed by atoms with E-state index in [1.807, 2.05) is 79.9 Å². The number of nitrogens with two attached hydrogens (primary N) is 1.